The molecular weight excluding hydrogens is 424 g/mol. The molecule has 0 unspecified atom stereocenters. The van der Waals surface area contributed by atoms with Crippen LogP contribution in [0.1, 0.15) is 43.8 Å². The van der Waals surface area contributed by atoms with Gasteiger partial charge in [0.2, 0.25) is 11.7 Å². The number of amides is 1. The summed E-state index contributed by atoms with van der Waals surface area (Å²) in [5.41, 5.74) is 0.262. The molecule has 4 nitrogen and oxygen atoms in total. The quantitative estimate of drug-likeness (QED) is 0.467. The van der Waals surface area contributed by atoms with Crippen LogP contribution >= 0.6 is 0 Å². The average Bonchev–Trinajstić information content (AvgIpc) is 3.09. The molecule has 0 spiro atoms. The fourth-order valence-electron chi connectivity index (χ4n) is 3.92. The van der Waals surface area contributed by atoms with Gasteiger partial charge in [0, 0.05) is 25.6 Å². The highest BCUT2D eigenvalue weighted by molar-refractivity contribution is 5.76. The largest absolute Gasteiger partial charge is 0.449 e. The van der Waals surface area contributed by atoms with Crippen LogP contribution in [0.5, 0.6) is 0 Å². The van der Waals surface area contributed by atoms with E-state index in [1.807, 2.05) is 13.8 Å². The lowest BCUT2D eigenvalue weighted by Gasteiger charge is -2.31. The average molecular weight is 446 g/mol. The van der Waals surface area contributed by atoms with E-state index < -0.39 is 29.5 Å². The van der Waals surface area contributed by atoms with E-state index in [1.165, 1.54) is 4.90 Å². The van der Waals surface area contributed by atoms with E-state index in [1.54, 1.807) is 0 Å². The number of nitrogens with zero attached hydrogens (tertiary/aromatic N) is 3. The number of fused-ring (bicyclic) bond motifs is 1. The Morgan fingerprint density at radius 1 is 1.06 bits per heavy atom. The smallest absolute Gasteiger partial charge is 0.335 e. The minimum Gasteiger partial charge on any atom is -0.335 e. The molecule has 0 saturated heterocycles. The molecule has 1 aliphatic heterocycles. The number of rotatable bonds is 6. The van der Waals surface area contributed by atoms with E-state index >= 15 is 0 Å². The zero-order valence-corrected chi connectivity index (χ0v) is 17.1. The maximum atomic E-state index is 14.1. The number of imidazole rings is 1. The van der Waals surface area contributed by atoms with Crippen LogP contribution in [0.2, 0.25) is 0 Å². The van der Waals surface area contributed by atoms with Crippen molar-refractivity contribution in [1.82, 2.24) is 14.5 Å². The second-order valence-electron chi connectivity index (χ2n) is 8.08. The first-order chi connectivity index (χ1) is 14.5. The van der Waals surface area contributed by atoms with Crippen molar-refractivity contribution in [3.63, 3.8) is 0 Å². The van der Waals surface area contributed by atoms with E-state index in [-0.39, 0.29) is 55.6 Å². The standard InChI is InChI=1S/C21H22F6N3O/c1-12(2)5-13(6-14-8-17(23)18(24)9-16(14)22)7-19(31)29-3-4-30-15(11-29)10-28-20(30)21(25,26)27/h8-10,13H,3-7,11H2,1-2H3/t13-/m1/s1. The maximum absolute atomic E-state index is 14.1. The number of halogens is 6. The van der Waals surface area contributed by atoms with Gasteiger partial charge in [-0.05, 0) is 36.3 Å². The Morgan fingerprint density at radius 3 is 2.39 bits per heavy atom. The van der Waals surface area contributed by atoms with Crippen LogP contribution in [0.15, 0.2) is 18.3 Å². The van der Waals surface area contributed by atoms with Crippen LogP contribution in [0, 0.1) is 29.3 Å². The normalized spacial score (nSPS) is 15.3. The Bertz CT molecular complexity index is 953. The van der Waals surface area contributed by atoms with E-state index in [4.69, 9.17) is 0 Å². The number of alkyl halides is 3. The molecule has 1 aromatic carbocycles. The topological polar surface area (TPSA) is 38.1 Å². The molecule has 1 amide bonds. The molecular formula is C21H22F6N3O. The van der Waals surface area contributed by atoms with Gasteiger partial charge in [0.05, 0.1) is 18.4 Å². The molecule has 0 aliphatic carbocycles. The van der Waals surface area contributed by atoms with E-state index in [0.717, 1.165) is 22.7 Å². The summed E-state index contributed by atoms with van der Waals surface area (Å²) in [5, 5.41) is 0. The van der Waals surface area contributed by atoms with E-state index in [2.05, 4.69) is 4.98 Å². The molecule has 1 aromatic heterocycles. The van der Waals surface area contributed by atoms with Gasteiger partial charge in [0.25, 0.3) is 0 Å². The zero-order valence-electron chi connectivity index (χ0n) is 17.1. The zero-order chi connectivity index (χ0) is 22.9. The molecule has 0 saturated carbocycles. The number of carbonyl (C=O) groups is 1. The highest BCUT2D eigenvalue weighted by Gasteiger charge is 2.38. The summed E-state index contributed by atoms with van der Waals surface area (Å²) in [6, 6.07) is 1.28. The first-order valence-electron chi connectivity index (χ1n) is 9.77. The van der Waals surface area contributed by atoms with Crippen LogP contribution in [0.4, 0.5) is 26.3 Å². The summed E-state index contributed by atoms with van der Waals surface area (Å²) in [6.45, 7) is 3.74. The summed E-state index contributed by atoms with van der Waals surface area (Å²) in [4.78, 5) is 17.7. The van der Waals surface area contributed by atoms with Crippen molar-refractivity contribution in [2.24, 2.45) is 5.92 Å². The van der Waals surface area contributed by atoms with Gasteiger partial charge in [-0.25, -0.2) is 18.2 Å². The summed E-state index contributed by atoms with van der Waals surface area (Å²) in [7, 11) is 0. The third kappa shape index (κ3) is 5.40. The third-order valence-corrected chi connectivity index (χ3v) is 5.25. The minimum absolute atomic E-state index is 0.00385. The molecule has 1 aliphatic rings. The van der Waals surface area contributed by atoms with Crippen molar-refractivity contribution < 1.29 is 31.1 Å². The third-order valence-electron chi connectivity index (χ3n) is 5.25. The van der Waals surface area contributed by atoms with Gasteiger partial charge in [0.1, 0.15) is 5.82 Å². The summed E-state index contributed by atoms with van der Waals surface area (Å²) in [6.07, 6.45) is -2.96. The maximum Gasteiger partial charge on any atom is 0.449 e. The Morgan fingerprint density at radius 2 is 1.74 bits per heavy atom. The lowest BCUT2D eigenvalue weighted by atomic mass is 9.87. The van der Waals surface area contributed by atoms with Gasteiger partial charge in [-0.2, -0.15) is 13.2 Å². The molecule has 10 heteroatoms. The summed E-state index contributed by atoms with van der Waals surface area (Å²) >= 11 is 0. The van der Waals surface area contributed by atoms with Crippen molar-refractivity contribution in [3.05, 3.63) is 58.8 Å². The number of benzene rings is 1. The molecule has 0 fully saturated rings. The van der Waals surface area contributed by atoms with Gasteiger partial charge >= 0.3 is 6.18 Å². The van der Waals surface area contributed by atoms with Crippen molar-refractivity contribution in [2.75, 3.05) is 6.54 Å². The van der Waals surface area contributed by atoms with Crippen molar-refractivity contribution >= 4 is 5.91 Å². The van der Waals surface area contributed by atoms with E-state index in [9.17, 15) is 31.1 Å². The Balaban J connectivity index is 1.71. The summed E-state index contributed by atoms with van der Waals surface area (Å²) < 4.78 is 80.9. The monoisotopic (exact) mass is 446 g/mol. The molecule has 2 aromatic rings. The predicted molar refractivity (Wildman–Crippen MR) is 100.0 cm³/mol. The fraction of sp³-hybridized carbons (Fsp3) is 0.476. The van der Waals surface area contributed by atoms with Crippen LogP contribution in [-0.4, -0.2) is 26.9 Å². The van der Waals surface area contributed by atoms with Crippen LogP contribution in [0.3, 0.4) is 0 Å². The van der Waals surface area contributed by atoms with Crippen LogP contribution in [0.25, 0.3) is 0 Å². The number of hydrogen-bond donors (Lipinski definition) is 0. The number of aromatic nitrogens is 2. The lowest BCUT2D eigenvalue weighted by molar-refractivity contribution is -0.148. The Hall–Kier alpha value is -2.52. The van der Waals surface area contributed by atoms with Gasteiger partial charge in [-0.1, -0.05) is 13.8 Å². The van der Waals surface area contributed by atoms with E-state index in [0.29, 0.717) is 12.5 Å². The number of carbonyl (C=O) groups excluding carboxylic acids is 1. The molecule has 1 atom stereocenters. The lowest BCUT2D eigenvalue weighted by Crippen LogP contribution is -2.40. The van der Waals surface area contributed by atoms with Gasteiger partial charge in [-0.3, -0.25) is 4.79 Å². The minimum atomic E-state index is -4.57. The van der Waals surface area contributed by atoms with Gasteiger partial charge in [-0.15, -0.1) is 0 Å². The predicted octanol–water partition coefficient (Wildman–Crippen LogP) is 4.91. The fourth-order valence-corrected chi connectivity index (χ4v) is 3.92. The SMILES string of the molecule is C[C](C)C[C@@H](CC(=O)N1CCn2c(cnc2C(F)(F)F)C1)Cc1cc(F)c(F)cc1F. The van der Waals surface area contributed by atoms with Gasteiger partial charge in [0.15, 0.2) is 11.6 Å². The van der Waals surface area contributed by atoms with Crippen LogP contribution in [-0.2, 0) is 30.5 Å². The number of hydrogen-bond acceptors (Lipinski definition) is 2. The molecule has 0 bridgehead atoms. The molecule has 2 heterocycles. The second-order valence-corrected chi connectivity index (χ2v) is 8.08. The molecule has 169 valence electrons. The molecule has 3 rings (SSSR count). The first-order valence-corrected chi connectivity index (χ1v) is 9.77. The summed E-state index contributed by atoms with van der Waals surface area (Å²) in [5.74, 6) is -4.00. The Labute approximate surface area is 175 Å². The van der Waals surface area contributed by atoms with Crippen molar-refractivity contribution in [2.45, 2.75) is 52.4 Å². The molecule has 0 N–H and O–H groups in total. The first kappa shape index (κ1) is 23.1. The highest BCUT2D eigenvalue weighted by atomic mass is 19.4. The molecule has 1 radical (unpaired) electrons. The van der Waals surface area contributed by atoms with Crippen molar-refractivity contribution in [1.29, 1.82) is 0 Å². The van der Waals surface area contributed by atoms with Gasteiger partial charge < -0.3 is 9.47 Å². The molecule has 31 heavy (non-hydrogen) atoms. The highest BCUT2D eigenvalue weighted by Crippen LogP contribution is 2.31. The van der Waals surface area contributed by atoms with Crippen molar-refractivity contribution in [3.8, 4) is 0 Å². The second kappa shape index (κ2) is 8.92. The Kier molecular flexibility index (Phi) is 6.66. The van der Waals surface area contributed by atoms with Crippen LogP contribution < -0.4 is 0 Å².